The van der Waals surface area contributed by atoms with Crippen LogP contribution in [-0.2, 0) is 5.41 Å². The Kier molecular flexibility index (Phi) is 4.68. The summed E-state index contributed by atoms with van der Waals surface area (Å²) in [4.78, 5) is 17.7. The monoisotopic (exact) mass is 370 g/mol. The van der Waals surface area contributed by atoms with E-state index in [-0.39, 0.29) is 5.41 Å². The molecule has 0 radical (unpaired) electrons. The molecule has 2 aromatic rings. The van der Waals surface area contributed by atoms with Crippen LogP contribution in [0.2, 0.25) is 5.02 Å². The summed E-state index contributed by atoms with van der Waals surface area (Å²) in [6.45, 7) is 4.08. The van der Waals surface area contributed by atoms with Crippen molar-refractivity contribution in [3.05, 3.63) is 53.3 Å². The summed E-state index contributed by atoms with van der Waals surface area (Å²) in [6, 6.07) is 9.95. The lowest BCUT2D eigenvalue weighted by molar-refractivity contribution is 0.377. The second-order valence-corrected chi connectivity index (χ2v) is 7.42. The van der Waals surface area contributed by atoms with Crippen LogP contribution in [-0.4, -0.2) is 53.6 Å². The maximum Gasteiger partial charge on any atom is 0.225 e. The molecule has 2 aliphatic rings. The minimum absolute atomic E-state index is 0.120. The number of benzene rings is 1. The topological polar surface area (TPSA) is 70.6 Å². The molecule has 1 aromatic heterocycles. The zero-order valence-corrected chi connectivity index (χ0v) is 15.4. The number of halogens is 1. The summed E-state index contributed by atoms with van der Waals surface area (Å²) in [5.74, 6) is 1.41. The summed E-state index contributed by atoms with van der Waals surface area (Å²) >= 11 is 6.14. The number of hydrogen-bond acceptors (Lipinski definition) is 4. The molecule has 136 valence electrons. The molecule has 4 rings (SSSR count). The van der Waals surface area contributed by atoms with E-state index in [1.165, 1.54) is 5.56 Å². The van der Waals surface area contributed by atoms with Crippen molar-refractivity contribution >= 4 is 23.5 Å². The van der Waals surface area contributed by atoms with Gasteiger partial charge in [-0.15, -0.1) is 0 Å². The van der Waals surface area contributed by atoms with Gasteiger partial charge in [-0.3, -0.25) is 4.99 Å². The minimum atomic E-state index is 0.120. The Balaban J connectivity index is 1.36. The van der Waals surface area contributed by atoms with Gasteiger partial charge in [0.1, 0.15) is 0 Å². The molecule has 7 heteroatoms. The van der Waals surface area contributed by atoms with Crippen molar-refractivity contribution in [2.45, 2.75) is 18.3 Å². The number of rotatable bonds is 4. The molecule has 1 saturated heterocycles. The number of anilines is 1. The lowest BCUT2D eigenvalue weighted by Gasteiger charge is -2.35. The van der Waals surface area contributed by atoms with Crippen LogP contribution in [0.5, 0.6) is 0 Å². The van der Waals surface area contributed by atoms with Crippen molar-refractivity contribution in [3.8, 4) is 0 Å². The van der Waals surface area contributed by atoms with Crippen LogP contribution < -0.4 is 10.6 Å². The van der Waals surface area contributed by atoms with Crippen LogP contribution >= 0.6 is 11.6 Å². The Hall–Kier alpha value is -2.34. The Labute approximate surface area is 158 Å². The summed E-state index contributed by atoms with van der Waals surface area (Å²) in [5, 5.41) is 0.782. The number of aliphatic imine (C=N–C) groups is 1. The fourth-order valence-electron chi connectivity index (χ4n) is 3.43. The van der Waals surface area contributed by atoms with Crippen LogP contribution in [0.15, 0.2) is 47.7 Å². The normalized spacial score (nSPS) is 19.5. The highest BCUT2D eigenvalue weighted by Crippen LogP contribution is 2.48. The zero-order chi connectivity index (χ0) is 18.0. The standard InChI is InChI=1S/C19H23ClN6/c20-16-4-1-3-15(13-16)19(5-6-19)14-24-17(21)25-9-11-26(12-10-25)18-22-7-2-8-23-18/h1-4,7-8,13H,5-6,9-12,14H2,(H2,21,24). The molecule has 6 nitrogen and oxygen atoms in total. The maximum absolute atomic E-state index is 6.28. The lowest BCUT2D eigenvalue weighted by Crippen LogP contribution is -2.51. The number of nitrogens with zero attached hydrogens (tertiary/aromatic N) is 5. The molecule has 1 aliphatic heterocycles. The largest absolute Gasteiger partial charge is 0.370 e. The van der Waals surface area contributed by atoms with Gasteiger partial charge in [-0.2, -0.15) is 0 Å². The van der Waals surface area contributed by atoms with Gasteiger partial charge in [-0.05, 0) is 36.6 Å². The van der Waals surface area contributed by atoms with E-state index in [2.05, 4.69) is 31.9 Å². The molecule has 2 fully saturated rings. The van der Waals surface area contributed by atoms with Crippen LogP contribution in [0.1, 0.15) is 18.4 Å². The number of nitrogens with two attached hydrogens (primary N) is 1. The second-order valence-electron chi connectivity index (χ2n) is 6.99. The Morgan fingerprint density at radius 1 is 1.12 bits per heavy atom. The van der Waals surface area contributed by atoms with Crippen molar-refractivity contribution in [2.75, 3.05) is 37.6 Å². The van der Waals surface area contributed by atoms with Gasteiger partial charge in [0.05, 0.1) is 6.54 Å². The molecule has 0 bridgehead atoms. The van der Waals surface area contributed by atoms with Gasteiger partial charge in [0.15, 0.2) is 5.96 Å². The fourth-order valence-corrected chi connectivity index (χ4v) is 3.62. The first-order chi connectivity index (χ1) is 12.7. The van der Waals surface area contributed by atoms with Crippen molar-refractivity contribution in [2.24, 2.45) is 10.7 Å². The third-order valence-electron chi connectivity index (χ3n) is 5.27. The predicted molar refractivity (Wildman–Crippen MR) is 105 cm³/mol. The van der Waals surface area contributed by atoms with Gasteiger partial charge >= 0.3 is 0 Å². The smallest absolute Gasteiger partial charge is 0.225 e. The summed E-state index contributed by atoms with van der Waals surface area (Å²) < 4.78 is 0. The number of guanidine groups is 1. The van der Waals surface area contributed by atoms with Gasteiger partial charge in [0.25, 0.3) is 0 Å². The molecule has 0 atom stereocenters. The first-order valence-corrected chi connectivity index (χ1v) is 9.37. The predicted octanol–water partition coefficient (Wildman–Crippen LogP) is 2.30. The van der Waals surface area contributed by atoms with Gasteiger partial charge in [0.2, 0.25) is 5.95 Å². The maximum atomic E-state index is 6.28. The van der Waals surface area contributed by atoms with Crippen LogP contribution in [0.3, 0.4) is 0 Å². The van der Waals surface area contributed by atoms with Crippen LogP contribution in [0.4, 0.5) is 5.95 Å². The molecule has 0 spiro atoms. The lowest BCUT2D eigenvalue weighted by atomic mass is 9.96. The van der Waals surface area contributed by atoms with E-state index in [0.717, 1.165) is 56.5 Å². The Bertz CT molecular complexity index is 782. The summed E-state index contributed by atoms with van der Waals surface area (Å²) in [6.07, 6.45) is 5.83. The van der Waals surface area contributed by atoms with Gasteiger partial charge < -0.3 is 15.5 Å². The quantitative estimate of drug-likeness (QED) is 0.660. The minimum Gasteiger partial charge on any atom is -0.370 e. The highest BCUT2D eigenvalue weighted by molar-refractivity contribution is 6.30. The SMILES string of the molecule is NC(=NCC1(c2cccc(Cl)c2)CC1)N1CCN(c2ncccn2)CC1. The Morgan fingerprint density at radius 2 is 1.85 bits per heavy atom. The first kappa shape index (κ1) is 17.1. The number of hydrogen-bond donors (Lipinski definition) is 1. The highest BCUT2D eigenvalue weighted by Gasteiger charge is 2.44. The fraction of sp³-hybridized carbons (Fsp3) is 0.421. The van der Waals surface area contributed by atoms with E-state index in [9.17, 15) is 0 Å². The highest BCUT2D eigenvalue weighted by atomic mass is 35.5. The van der Waals surface area contributed by atoms with E-state index in [1.54, 1.807) is 12.4 Å². The Morgan fingerprint density at radius 3 is 2.50 bits per heavy atom. The summed E-state index contributed by atoms with van der Waals surface area (Å²) in [7, 11) is 0. The van der Waals surface area contributed by atoms with E-state index in [0.29, 0.717) is 5.96 Å². The third kappa shape index (κ3) is 3.60. The van der Waals surface area contributed by atoms with Crippen LogP contribution in [0.25, 0.3) is 0 Å². The molecular formula is C19H23ClN6. The second kappa shape index (κ2) is 7.11. The van der Waals surface area contributed by atoms with Gasteiger partial charge in [-0.25, -0.2) is 9.97 Å². The molecule has 1 saturated carbocycles. The molecule has 2 heterocycles. The van der Waals surface area contributed by atoms with E-state index >= 15 is 0 Å². The average Bonchev–Trinajstić information content (AvgIpc) is 3.48. The molecule has 1 aliphatic carbocycles. The summed E-state index contributed by atoms with van der Waals surface area (Å²) in [5.41, 5.74) is 7.67. The molecule has 1 aromatic carbocycles. The van der Waals surface area contributed by atoms with Crippen LogP contribution in [0, 0.1) is 0 Å². The van der Waals surface area contributed by atoms with Crippen molar-refractivity contribution in [1.82, 2.24) is 14.9 Å². The van der Waals surface area contributed by atoms with Crippen molar-refractivity contribution < 1.29 is 0 Å². The molecule has 26 heavy (non-hydrogen) atoms. The van der Waals surface area contributed by atoms with E-state index in [1.807, 2.05) is 18.2 Å². The number of aromatic nitrogens is 2. The first-order valence-electron chi connectivity index (χ1n) is 8.99. The molecular weight excluding hydrogens is 348 g/mol. The molecule has 0 amide bonds. The van der Waals surface area contributed by atoms with Crippen molar-refractivity contribution in [3.63, 3.8) is 0 Å². The molecule has 2 N–H and O–H groups in total. The average molecular weight is 371 g/mol. The number of piperazine rings is 1. The molecule has 0 unspecified atom stereocenters. The third-order valence-corrected chi connectivity index (χ3v) is 5.51. The van der Waals surface area contributed by atoms with Gasteiger partial charge in [0, 0.05) is 49.0 Å². The van der Waals surface area contributed by atoms with Crippen molar-refractivity contribution in [1.29, 1.82) is 0 Å². The van der Waals surface area contributed by atoms with E-state index < -0.39 is 0 Å². The van der Waals surface area contributed by atoms with Gasteiger partial charge in [-0.1, -0.05) is 23.7 Å². The zero-order valence-electron chi connectivity index (χ0n) is 14.7. The van der Waals surface area contributed by atoms with E-state index in [4.69, 9.17) is 22.3 Å².